The highest BCUT2D eigenvalue weighted by Gasteiger charge is 2.36. The highest BCUT2D eigenvalue weighted by atomic mass is 79.9. The Kier molecular flexibility index (Phi) is 5.02. The van der Waals surface area contributed by atoms with Gasteiger partial charge in [0, 0.05) is 5.33 Å². The molecule has 5 heteroatoms. The van der Waals surface area contributed by atoms with Gasteiger partial charge in [-0.05, 0) is 37.3 Å². The molecular weight excluding hydrogens is 340 g/mol. The van der Waals surface area contributed by atoms with Crippen molar-refractivity contribution in [3.05, 3.63) is 34.9 Å². The largest absolute Gasteiger partial charge is 0.346 e. The molecule has 1 aliphatic carbocycles. The maximum Gasteiger partial charge on any atom is 0.257 e. The van der Waals surface area contributed by atoms with Crippen molar-refractivity contribution < 1.29 is 13.6 Å². The lowest BCUT2D eigenvalue weighted by atomic mass is 9.77. The summed E-state index contributed by atoms with van der Waals surface area (Å²) in [5, 5.41) is 3.46. The van der Waals surface area contributed by atoms with Gasteiger partial charge in [0.05, 0.1) is 5.54 Å². The van der Waals surface area contributed by atoms with E-state index in [2.05, 4.69) is 28.2 Å². The van der Waals surface area contributed by atoms with Gasteiger partial charge >= 0.3 is 0 Å². The Morgan fingerprint density at radius 3 is 2.81 bits per heavy atom. The molecule has 1 fully saturated rings. The average Bonchev–Trinajstić information content (AvgIpc) is 2.43. The number of carbonyl (C=O) groups is 1. The maximum atomic E-state index is 14.1. The van der Waals surface area contributed by atoms with Gasteiger partial charge in [-0.3, -0.25) is 4.79 Å². The second kappa shape index (κ2) is 6.42. The van der Waals surface area contributed by atoms with Crippen LogP contribution in [0, 0.1) is 24.5 Å². The lowest BCUT2D eigenvalue weighted by Crippen LogP contribution is -2.52. The zero-order valence-electron chi connectivity index (χ0n) is 12.3. The predicted molar refractivity (Wildman–Crippen MR) is 82.7 cm³/mol. The van der Waals surface area contributed by atoms with Gasteiger partial charge in [-0.2, -0.15) is 0 Å². The molecule has 2 nitrogen and oxygen atoms in total. The second-order valence-electron chi connectivity index (χ2n) is 6.12. The summed E-state index contributed by atoms with van der Waals surface area (Å²) in [7, 11) is 0. The highest BCUT2D eigenvalue weighted by molar-refractivity contribution is 9.09. The number of aryl methyl sites for hydroxylation is 1. The Balaban J connectivity index is 2.26. The first-order valence-electron chi connectivity index (χ1n) is 7.21. The van der Waals surface area contributed by atoms with E-state index in [9.17, 15) is 13.6 Å². The van der Waals surface area contributed by atoms with Crippen LogP contribution < -0.4 is 5.32 Å². The van der Waals surface area contributed by atoms with Crippen molar-refractivity contribution in [1.82, 2.24) is 5.32 Å². The first kappa shape index (κ1) is 16.4. The van der Waals surface area contributed by atoms with E-state index in [-0.39, 0.29) is 5.56 Å². The van der Waals surface area contributed by atoms with Crippen molar-refractivity contribution >= 4 is 21.8 Å². The number of hydrogen-bond donors (Lipinski definition) is 1. The van der Waals surface area contributed by atoms with Crippen LogP contribution in [0.3, 0.4) is 0 Å². The minimum atomic E-state index is -0.816. The highest BCUT2D eigenvalue weighted by Crippen LogP contribution is 2.34. The quantitative estimate of drug-likeness (QED) is 0.798. The number of alkyl halides is 1. The number of carbonyl (C=O) groups excluding carboxylic acids is 1. The van der Waals surface area contributed by atoms with Crippen LogP contribution in [0.1, 0.15) is 48.5 Å². The molecule has 1 aromatic rings. The van der Waals surface area contributed by atoms with Crippen LogP contribution in [0.5, 0.6) is 0 Å². The van der Waals surface area contributed by atoms with Crippen molar-refractivity contribution in [2.75, 3.05) is 5.33 Å². The van der Waals surface area contributed by atoms with Gasteiger partial charge in [-0.15, -0.1) is 0 Å². The molecule has 116 valence electrons. The normalized spacial score (nSPS) is 25.7. The third kappa shape index (κ3) is 3.44. The van der Waals surface area contributed by atoms with Crippen LogP contribution >= 0.6 is 15.9 Å². The van der Waals surface area contributed by atoms with Crippen LogP contribution in [-0.4, -0.2) is 16.8 Å². The Morgan fingerprint density at radius 2 is 2.19 bits per heavy atom. The first-order valence-corrected chi connectivity index (χ1v) is 8.34. The fourth-order valence-electron chi connectivity index (χ4n) is 3.10. The van der Waals surface area contributed by atoms with Crippen LogP contribution in [0.15, 0.2) is 12.1 Å². The summed E-state index contributed by atoms with van der Waals surface area (Å²) >= 11 is 3.45. The molecule has 0 radical (unpaired) electrons. The molecule has 2 unspecified atom stereocenters. The van der Waals surface area contributed by atoms with E-state index in [1.54, 1.807) is 0 Å². The van der Waals surface area contributed by atoms with Crippen molar-refractivity contribution in [2.24, 2.45) is 5.92 Å². The van der Waals surface area contributed by atoms with E-state index in [1.165, 1.54) is 13.0 Å². The lowest BCUT2D eigenvalue weighted by Gasteiger charge is -2.39. The fourth-order valence-corrected chi connectivity index (χ4v) is 3.75. The van der Waals surface area contributed by atoms with Crippen molar-refractivity contribution in [3.63, 3.8) is 0 Å². The minimum Gasteiger partial charge on any atom is -0.346 e. The Labute approximate surface area is 132 Å². The van der Waals surface area contributed by atoms with E-state index < -0.39 is 28.6 Å². The van der Waals surface area contributed by atoms with E-state index >= 15 is 0 Å². The zero-order chi connectivity index (χ0) is 15.6. The number of amides is 1. The van der Waals surface area contributed by atoms with Crippen molar-refractivity contribution in [3.8, 4) is 0 Å². The molecule has 1 aliphatic rings. The molecule has 0 aliphatic heterocycles. The minimum absolute atomic E-state index is 0.270. The molecule has 1 amide bonds. The molecule has 21 heavy (non-hydrogen) atoms. The van der Waals surface area contributed by atoms with E-state index in [1.807, 2.05) is 0 Å². The summed E-state index contributed by atoms with van der Waals surface area (Å²) in [5.41, 5.74) is -0.628. The molecule has 0 bridgehead atoms. The molecule has 0 saturated heterocycles. The molecule has 1 saturated carbocycles. The Hall–Kier alpha value is -0.970. The first-order chi connectivity index (χ1) is 9.88. The van der Waals surface area contributed by atoms with Gasteiger partial charge in [0.15, 0.2) is 0 Å². The van der Waals surface area contributed by atoms with Gasteiger partial charge < -0.3 is 5.32 Å². The van der Waals surface area contributed by atoms with Crippen molar-refractivity contribution in [1.29, 1.82) is 0 Å². The summed E-state index contributed by atoms with van der Waals surface area (Å²) in [6.45, 7) is 3.66. The zero-order valence-corrected chi connectivity index (χ0v) is 13.9. The standard InChI is InChI=1S/C16H20BrF2NO/c1-10-4-3-7-16(8-10,9-17)20-15(21)13-12(18)6-5-11(2)14(13)19/h5-6,10H,3-4,7-9H2,1-2H3,(H,20,21). The van der Waals surface area contributed by atoms with Crippen molar-refractivity contribution in [2.45, 2.75) is 45.1 Å². The molecule has 0 spiro atoms. The molecule has 2 rings (SSSR count). The van der Waals surface area contributed by atoms with Gasteiger partial charge in [0.1, 0.15) is 17.2 Å². The van der Waals surface area contributed by atoms with Crippen LogP contribution in [0.4, 0.5) is 8.78 Å². The van der Waals surface area contributed by atoms with Crippen LogP contribution in [0.2, 0.25) is 0 Å². The predicted octanol–water partition coefficient (Wildman–Crippen LogP) is 4.35. The number of nitrogens with one attached hydrogen (secondary N) is 1. The maximum absolute atomic E-state index is 14.1. The third-order valence-electron chi connectivity index (χ3n) is 4.24. The van der Waals surface area contributed by atoms with E-state index in [4.69, 9.17) is 0 Å². The van der Waals surface area contributed by atoms with Gasteiger partial charge in [0.2, 0.25) is 0 Å². The van der Waals surface area contributed by atoms with Crippen LogP contribution in [-0.2, 0) is 0 Å². The van der Waals surface area contributed by atoms with Gasteiger partial charge in [0.25, 0.3) is 5.91 Å². The molecule has 0 aromatic heterocycles. The van der Waals surface area contributed by atoms with Gasteiger partial charge in [-0.1, -0.05) is 41.8 Å². The van der Waals surface area contributed by atoms with Crippen LogP contribution in [0.25, 0.3) is 0 Å². The van der Waals surface area contributed by atoms with E-state index in [0.717, 1.165) is 31.7 Å². The number of hydrogen-bond acceptors (Lipinski definition) is 1. The summed E-state index contributed by atoms with van der Waals surface area (Å²) in [6.07, 6.45) is 3.77. The number of rotatable bonds is 3. The lowest BCUT2D eigenvalue weighted by molar-refractivity contribution is 0.0860. The average molecular weight is 360 g/mol. The molecule has 2 atom stereocenters. The monoisotopic (exact) mass is 359 g/mol. The summed E-state index contributed by atoms with van der Waals surface area (Å²) in [4.78, 5) is 12.4. The molecule has 1 N–H and O–H groups in total. The molecular formula is C16H20BrF2NO. The summed E-state index contributed by atoms with van der Waals surface area (Å²) < 4.78 is 27.9. The summed E-state index contributed by atoms with van der Waals surface area (Å²) in [6, 6.07) is 2.47. The number of halogens is 3. The Bertz CT molecular complexity index is 549. The topological polar surface area (TPSA) is 29.1 Å². The molecule has 1 aromatic carbocycles. The van der Waals surface area contributed by atoms with E-state index in [0.29, 0.717) is 11.2 Å². The smallest absolute Gasteiger partial charge is 0.257 e. The second-order valence-corrected chi connectivity index (χ2v) is 6.68. The Morgan fingerprint density at radius 1 is 1.48 bits per heavy atom. The third-order valence-corrected chi connectivity index (χ3v) is 5.31. The summed E-state index contributed by atoms with van der Waals surface area (Å²) in [5.74, 6) is -1.77. The number of benzene rings is 1. The van der Waals surface area contributed by atoms with Gasteiger partial charge in [-0.25, -0.2) is 8.78 Å². The molecule has 0 heterocycles. The SMILES string of the molecule is Cc1ccc(F)c(C(=O)NC2(CBr)CCCC(C)C2)c1F. The fraction of sp³-hybridized carbons (Fsp3) is 0.562.